The van der Waals surface area contributed by atoms with Gasteiger partial charge in [-0.15, -0.1) is 15.3 Å². The van der Waals surface area contributed by atoms with Crippen molar-refractivity contribution in [3.63, 3.8) is 0 Å². The zero-order valence-corrected chi connectivity index (χ0v) is 60.1. The van der Waals surface area contributed by atoms with E-state index in [1.54, 1.807) is 57.2 Å². The Morgan fingerprint density at radius 2 is 1.45 bits per heavy atom. The number of nitrogens with one attached hydrogen (secondary N) is 3. The molecule has 0 spiro atoms. The standard InChI is InChI=1S/C29H42BN5O6.C14H16BN5O5.C8H14N4O2.C7H12N2O2.C2H3N.BCl3/c1-9-23-32-33-34-35(23)16-24(36)31-22(30-40-21-15-18-14-20(28(18,5)6)29(21,7)41-30)13-17-11-10-12-19(25(17)38-8)26(37)39-27(2,3)4;16-6-12-17-18-19-20(12)7-10(21)5-9-4-8-2-1-3-11(14(22)23)13(8)25-15(9)24;1-8(2,3)14-7(13)9-4-6-5-10-12-11-6;1-7(2,3)11-6(10)9-5-4-8;1-2-3;2-1(3)4/h10-12,18,20-22H,9,13-16H2,1-8H3,(H,31,36);1-3,9,24H,4-7,16H2,(H,22,23);4-5H2,1-3H3,(H,9,13);5H2,1-3H3,(H,9,10);1H3;/t18-,20-,21+,22-,29-;9-;;;;/m01..../s1. The van der Waals surface area contributed by atoms with Crippen LogP contribution in [0.5, 0.6) is 11.5 Å². The molecule has 2 aromatic heterocycles. The van der Waals surface area contributed by atoms with Crippen molar-refractivity contribution < 1.29 is 71.8 Å². The second-order valence-electron chi connectivity index (χ2n) is 26.5. The van der Waals surface area contributed by atoms with Gasteiger partial charge in [0.25, 0.3) is 0 Å². The lowest BCUT2D eigenvalue weighted by Gasteiger charge is -2.64. The number of halogens is 3. The molecule has 6 atom stereocenters. The van der Waals surface area contributed by atoms with E-state index < -0.39 is 77.5 Å². The molecule has 2 bridgehead atoms. The van der Waals surface area contributed by atoms with Crippen molar-refractivity contribution >= 4 is 95.1 Å². The van der Waals surface area contributed by atoms with Gasteiger partial charge in [-0.2, -0.15) is 50.0 Å². The summed E-state index contributed by atoms with van der Waals surface area (Å²) >= 11 is 14.4. The number of carbonyl (C=O) groups is 6. The number of hydrogen-bond donors (Lipinski definition) is 6. The number of carboxylic acid groups (broad SMARTS) is 1. The van der Waals surface area contributed by atoms with Crippen molar-refractivity contribution in [2.45, 2.75) is 195 Å². The number of esters is 1. The van der Waals surface area contributed by atoms with Gasteiger partial charge in [0.1, 0.15) is 60.0 Å². The predicted molar refractivity (Wildman–Crippen MR) is 362 cm³/mol. The van der Waals surface area contributed by atoms with E-state index in [0.717, 1.165) is 24.1 Å². The number of para-hydroxylation sites is 2. The summed E-state index contributed by atoms with van der Waals surface area (Å²) in [4.78, 5) is 71.0. The fourth-order valence-corrected chi connectivity index (χ4v) is 11.1. The number of rotatable bonds is 18. The summed E-state index contributed by atoms with van der Waals surface area (Å²) in [6.45, 7) is 27.1. The molecule has 3 saturated carbocycles. The number of alkyl carbamates (subject to hydrolysis) is 2. The highest BCUT2D eigenvalue weighted by atomic mass is 35.6. The van der Waals surface area contributed by atoms with Crippen LogP contribution in [0, 0.1) is 39.9 Å². The number of ketones is 1. The molecule has 2 aromatic carbocycles. The van der Waals surface area contributed by atoms with E-state index in [1.165, 1.54) is 29.5 Å². The lowest BCUT2D eigenvalue weighted by Crippen LogP contribution is -2.65. The monoisotopic (exact) mass is 1420 g/mol. The van der Waals surface area contributed by atoms with Crippen LogP contribution in [0.2, 0.25) is 5.82 Å². The molecule has 4 fully saturated rings. The van der Waals surface area contributed by atoms with Crippen molar-refractivity contribution in [2.75, 3.05) is 26.7 Å². The second-order valence-corrected chi connectivity index (χ2v) is 28.5. The minimum atomic E-state index is -1.26. The lowest BCUT2D eigenvalue weighted by atomic mass is 9.43. The summed E-state index contributed by atoms with van der Waals surface area (Å²) in [5, 5.41) is 76.0. The molecule has 3 aliphatic carbocycles. The highest BCUT2D eigenvalue weighted by Crippen LogP contribution is 2.66. The molecule has 38 heteroatoms. The van der Waals surface area contributed by atoms with Crippen molar-refractivity contribution in [2.24, 2.45) is 38.4 Å². The number of Topliss-reactive ketones (excluding diaryl/α,β-unsaturated/α-hetero) is 1. The maximum atomic E-state index is 13.3. The number of fused-ring (bicyclic) bond motifs is 1. The number of nitrogens with zero attached hydrogens (tertiary/aromatic N) is 13. The summed E-state index contributed by atoms with van der Waals surface area (Å²) in [7, 11) is -0.420. The topological polar surface area (TPSA) is 441 Å². The molecule has 7 N–H and O–H groups in total. The number of nitriles is 2. The molecule has 98 heavy (non-hydrogen) atoms. The van der Waals surface area contributed by atoms with Gasteiger partial charge in [-0.05, 0) is 162 Å². The third-order valence-corrected chi connectivity index (χ3v) is 15.3. The molecular weight excluding hydrogens is 1340 g/mol. The largest absolute Gasteiger partial charge is 0.535 e. The maximum Gasteiger partial charge on any atom is 0.526 e. The first kappa shape index (κ1) is 82.4. The van der Waals surface area contributed by atoms with Gasteiger partial charge in [0, 0.05) is 25.6 Å². The Morgan fingerprint density at radius 3 is 1.99 bits per heavy atom. The minimum Gasteiger partial charge on any atom is -0.535 e. The third-order valence-electron chi connectivity index (χ3n) is 15.3. The van der Waals surface area contributed by atoms with Gasteiger partial charge in [-0.25, -0.2) is 28.5 Å². The second kappa shape index (κ2) is 37.2. The molecule has 3 aliphatic heterocycles. The molecule has 6 aliphatic rings. The van der Waals surface area contributed by atoms with Gasteiger partial charge >= 0.3 is 43.3 Å². The van der Waals surface area contributed by atoms with Crippen LogP contribution in [0.1, 0.15) is 160 Å². The van der Waals surface area contributed by atoms with Crippen LogP contribution >= 0.6 is 34.4 Å². The molecule has 10 rings (SSSR count). The predicted octanol–water partition coefficient (Wildman–Crippen LogP) is 7.05. The van der Waals surface area contributed by atoms with E-state index in [4.69, 9.17) is 83.5 Å². The van der Waals surface area contributed by atoms with Crippen LogP contribution in [0.25, 0.3) is 0 Å². The number of nitrogens with two attached hydrogens (primary N) is 1. The molecule has 32 nitrogen and oxygen atoms in total. The molecular formula is C60H87B3Cl3N17O15. The molecule has 0 radical (unpaired) electrons. The minimum absolute atomic E-state index is 0.0115. The van der Waals surface area contributed by atoms with Crippen LogP contribution in [-0.4, -0.2) is 172 Å². The average molecular weight is 1430 g/mol. The highest BCUT2D eigenvalue weighted by molar-refractivity contribution is 7.54. The number of ether oxygens (including phenoxy) is 4. The summed E-state index contributed by atoms with van der Waals surface area (Å²) in [5.74, 6) is -0.570. The summed E-state index contributed by atoms with van der Waals surface area (Å²) < 4.78 is 42.7. The van der Waals surface area contributed by atoms with Gasteiger partial charge in [0.05, 0.1) is 61.3 Å². The number of aromatic carboxylic acids is 1. The van der Waals surface area contributed by atoms with Gasteiger partial charge in [-0.3, -0.25) is 9.59 Å². The van der Waals surface area contributed by atoms with E-state index in [-0.39, 0.29) is 67.1 Å². The van der Waals surface area contributed by atoms with Crippen LogP contribution in [0.15, 0.2) is 51.8 Å². The summed E-state index contributed by atoms with van der Waals surface area (Å²) in [6, 6.07) is 13.6. The Kier molecular flexibility index (Phi) is 31.3. The number of benzene rings is 2. The number of hydrogen-bond acceptors (Lipinski definition) is 26. The van der Waals surface area contributed by atoms with Crippen molar-refractivity contribution in [1.29, 1.82) is 10.5 Å². The van der Waals surface area contributed by atoms with Crippen molar-refractivity contribution in [3.05, 3.63) is 70.3 Å². The zero-order chi connectivity index (χ0) is 73.5. The smallest absolute Gasteiger partial charge is 0.526 e. The number of carboxylic acids is 1. The van der Waals surface area contributed by atoms with Gasteiger partial charge < -0.3 is 64.7 Å². The van der Waals surface area contributed by atoms with E-state index in [2.05, 4.69) is 83.2 Å². The maximum absolute atomic E-state index is 13.3. The van der Waals surface area contributed by atoms with Gasteiger partial charge in [0.15, 0.2) is 17.4 Å². The fraction of sp³-hybridized carbons (Fsp3) is 0.617. The molecule has 532 valence electrons. The summed E-state index contributed by atoms with van der Waals surface area (Å²) in [5.41, 5.74) is 6.01. The molecule has 5 heterocycles. The number of tetrazole rings is 2. The Morgan fingerprint density at radius 1 is 0.867 bits per heavy atom. The van der Waals surface area contributed by atoms with Crippen molar-refractivity contribution in [3.8, 4) is 23.6 Å². The summed E-state index contributed by atoms with van der Waals surface area (Å²) in [6.07, 6.45) is 2.29. The zero-order valence-electron chi connectivity index (χ0n) is 57.8. The number of methoxy groups -OCH3 is 1. The van der Waals surface area contributed by atoms with Crippen LogP contribution in [0.4, 0.5) is 9.59 Å². The SMILES string of the molecule is CC#N.CC(C)(C)OC(=O)NCC#N.CC(C)(C)OC(=O)NCC1=NN=NC1.CCc1nnnn1CC(=O)N[C@@H](Cc1cccc(C(=O)OC(C)(C)C)c1OC)B1O[C@@H]2C[C@@H]3C[C@@H](C3(C)C)[C@]2(C)O1.ClB(Cl)Cl.NCc1nnnn1CC(=O)C[C@H]1Cc2cccc(C(=O)O)c2OB1O. The van der Waals surface area contributed by atoms with Crippen LogP contribution in [0.3, 0.4) is 0 Å². The average Bonchev–Trinajstić information content (AvgIpc) is 1.39. The molecule has 3 amide bonds. The van der Waals surface area contributed by atoms with Crippen molar-refractivity contribution in [1.82, 2.24) is 56.4 Å². The van der Waals surface area contributed by atoms with Crippen LogP contribution in [-0.2, 0) is 72.0 Å². The number of aryl methyl sites for hydroxylation is 1. The molecule has 1 saturated heterocycles. The number of aromatic nitrogens is 8. The van der Waals surface area contributed by atoms with Crippen LogP contribution < -0.4 is 31.1 Å². The van der Waals surface area contributed by atoms with E-state index in [9.17, 15) is 38.9 Å². The number of carbonyl (C=O) groups excluding carboxylic acids is 5. The Balaban J connectivity index is 0.000000302. The van der Waals surface area contributed by atoms with E-state index in [0.29, 0.717) is 72.7 Å². The Labute approximate surface area is 585 Å². The third kappa shape index (κ3) is 25.4. The van der Waals surface area contributed by atoms with E-state index >= 15 is 0 Å². The Bertz CT molecular complexity index is 3510. The highest BCUT2D eigenvalue weighted by Gasteiger charge is 2.68. The van der Waals surface area contributed by atoms with E-state index in [1.807, 2.05) is 54.5 Å². The lowest BCUT2D eigenvalue weighted by molar-refractivity contribution is -0.199. The first-order valence-electron chi connectivity index (χ1n) is 31.2. The normalized spacial score (nSPS) is 19.1. The number of amides is 3. The fourth-order valence-electron chi connectivity index (χ4n) is 11.1. The molecule has 4 aromatic rings. The first-order chi connectivity index (χ1) is 45.8. The quantitative estimate of drug-likeness (QED) is 0.0251. The Hall–Kier alpha value is -8.05. The van der Waals surface area contributed by atoms with Gasteiger partial charge in [-0.1, -0.05) is 45.0 Å². The molecule has 0 unspecified atom stereocenters. The van der Waals surface area contributed by atoms with Gasteiger partial charge in [0.2, 0.25) is 5.91 Å². The first-order valence-corrected chi connectivity index (χ1v) is 32.5.